The van der Waals surface area contributed by atoms with Crippen LogP contribution in [0, 0.1) is 0 Å². The number of hydrogen-bond acceptors (Lipinski definition) is 1. The van der Waals surface area contributed by atoms with Crippen molar-refractivity contribution in [2.45, 2.75) is 64.0 Å². The lowest BCUT2D eigenvalue weighted by Gasteiger charge is -2.39. The Morgan fingerprint density at radius 2 is 1.50 bits per heavy atom. The standard InChI is InChI=1S/C16H28BN/c1-3-18(4-2)14-6-5-13-17-15-9-7-10-16(17)12-8-11-15/h5-6,13-16H,3-4,7-12H2,1-2H3/b13-5?,14-6+. The molecule has 100 valence electrons. The maximum absolute atomic E-state index is 2.51. The zero-order valence-electron chi connectivity index (χ0n) is 12.1. The highest BCUT2D eigenvalue weighted by atomic mass is 15.1. The van der Waals surface area contributed by atoms with Crippen molar-refractivity contribution in [3.05, 3.63) is 24.3 Å². The molecular weight excluding hydrogens is 217 g/mol. The summed E-state index contributed by atoms with van der Waals surface area (Å²) in [5.41, 5.74) is 0. The largest absolute Gasteiger partial charge is 0.378 e. The summed E-state index contributed by atoms with van der Waals surface area (Å²) in [5.74, 6) is 4.50. The van der Waals surface area contributed by atoms with Crippen LogP contribution >= 0.6 is 0 Å². The summed E-state index contributed by atoms with van der Waals surface area (Å²) >= 11 is 0. The molecule has 0 aromatic carbocycles. The molecule has 2 bridgehead atoms. The van der Waals surface area contributed by atoms with Gasteiger partial charge in [-0.15, -0.1) is 5.98 Å². The molecule has 2 heterocycles. The Morgan fingerprint density at radius 3 is 2.00 bits per heavy atom. The van der Waals surface area contributed by atoms with E-state index >= 15 is 0 Å². The van der Waals surface area contributed by atoms with Crippen LogP contribution in [-0.2, 0) is 0 Å². The second-order valence-electron chi connectivity index (χ2n) is 5.91. The summed E-state index contributed by atoms with van der Waals surface area (Å²) in [6, 6.07) is 0. The molecule has 0 N–H and O–H groups in total. The van der Waals surface area contributed by atoms with Gasteiger partial charge in [0.15, 0.2) is 6.71 Å². The van der Waals surface area contributed by atoms with E-state index in [2.05, 4.69) is 43.1 Å². The Kier molecular flexibility index (Phi) is 5.40. The number of rotatable bonds is 5. The minimum absolute atomic E-state index is 0.883. The van der Waals surface area contributed by atoms with Crippen molar-refractivity contribution in [2.75, 3.05) is 13.1 Å². The third-order valence-electron chi connectivity index (χ3n) is 4.94. The van der Waals surface area contributed by atoms with Gasteiger partial charge in [0, 0.05) is 13.1 Å². The van der Waals surface area contributed by atoms with Crippen LogP contribution in [0.5, 0.6) is 0 Å². The second kappa shape index (κ2) is 7.06. The zero-order chi connectivity index (χ0) is 12.8. The molecule has 0 aromatic rings. The van der Waals surface area contributed by atoms with Gasteiger partial charge in [0.05, 0.1) is 0 Å². The van der Waals surface area contributed by atoms with Gasteiger partial charge in [-0.25, -0.2) is 0 Å². The quantitative estimate of drug-likeness (QED) is 0.507. The lowest BCUT2D eigenvalue weighted by atomic mass is 9.27. The van der Waals surface area contributed by atoms with Crippen molar-refractivity contribution in [1.29, 1.82) is 0 Å². The van der Waals surface area contributed by atoms with Crippen LogP contribution in [0.15, 0.2) is 24.3 Å². The summed E-state index contributed by atoms with van der Waals surface area (Å²) < 4.78 is 0. The molecular formula is C16H28BN. The van der Waals surface area contributed by atoms with Crippen LogP contribution < -0.4 is 0 Å². The van der Waals surface area contributed by atoms with Crippen molar-refractivity contribution in [3.8, 4) is 0 Å². The highest BCUT2D eigenvalue weighted by Crippen LogP contribution is 2.46. The normalized spacial score (nSPS) is 28.2. The van der Waals surface area contributed by atoms with Crippen molar-refractivity contribution in [1.82, 2.24) is 4.90 Å². The molecule has 0 saturated carbocycles. The molecule has 2 aliphatic heterocycles. The average Bonchev–Trinajstić information content (AvgIpc) is 2.38. The Balaban J connectivity index is 1.88. The van der Waals surface area contributed by atoms with Crippen molar-refractivity contribution < 1.29 is 0 Å². The smallest absolute Gasteiger partial charge is 0.172 e. The van der Waals surface area contributed by atoms with E-state index in [0.717, 1.165) is 31.4 Å². The summed E-state index contributed by atoms with van der Waals surface area (Å²) in [5, 5.41) is 0. The molecule has 0 unspecified atom stereocenters. The van der Waals surface area contributed by atoms with Crippen LogP contribution in [0.2, 0.25) is 11.6 Å². The average molecular weight is 245 g/mol. The summed E-state index contributed by atoms with van der Waals surface area (Å²) in [4.78, 5) is 2.34. The first-order valence-electron chi connectivity index (χ1n) is 7.94. The lowest BCUT2D eigenvalue weighted by molar-refractivity contribution is 0.419. The number of nitrogens with zero attached hydrogens (tertiary/aromatic N) is 1. The van der Waals surface area contributed by atoms with Gasteiger partial charge in [-0.2, -0.15) is 0 Å². The van der Waals surface area contributed by atoms with Gasteiger partial charge in [0.25, 0.3) is 0 Å². The lowest BCUT2D eigenvalue weighted by Crippen LogP contribution is -2.32. The molecule has 2 saturated heterocycles. The van der Waals surface area contributed by atoms with E-state index in [1.54, 1.807) is 0 Å². The van der Waals surface area contributed by atoms with Crippen LogP contribution in [0.1, 0.15) is 52.4 Å². The fourth-order valence-corrected chi connectivity index (χ4v) is 3.84. The van der Waals surface area contributed by atoms with Crippen LogP contribution in [0.3, 0.4) is 0 Å². The molecule has 0 aromatic heterocycles. The molecule has 2 aliphatic rings. The zero-order valence-corrected chi connectivity index (χ0v) is 12.1. The second-order valence-corrected chi connectivity index (χ2v) is 5.91. The van der Waals surface area contributed by atoms with E-state index in [1.165, 1.54) is 38.5 Å². The first-order valence-corrected chi connectivity index (χ1v) is 7.94. The van der Waals surface area contributed by atoms with Gasteiger partial charge >= 0.3 is 0 Å². The Morgan fingerprint density at radius 1 is 0.944 bits per heavy atom. The van der Waals surface area contributed by atoms with E-state index < -0.39 is 0 Å². The molecule has 0 atom stereocenters. The first-order chi connectivity index (χ1) is 8.85. The molecule has 0 amide bonds. The van der Waals surface area contributed by atoms with Gasteiger partial charge in [-0.05, 0) is 26.1 Å². The molecule has 2 heteroatoms. The van der Waals surface area contributed by atoms with Gasteiger partial charge in [0.2, 0.25) is 0 Å². The molecule has 18 heavy (non-hydrogen) atoms. The van der Waals surface area contributed by atoms with Gasteiger partial charge < -0.3 is 4.90 Å². The molecule has 0 aliphatic carbocycles. The van der Waals surface area contributed by atoms with Gasteiger partial charge in [-0.3, -0.25) is 0 Å². The van der Waals surface area contributed by atoms with Crippen molar-refractivity contribution >= 4 is 6.71 Å². The maximum atomic E-state index is 2.51. The summed E-state index contributed by atoms with van der Waals surface area (Å²) in [7, 11) is 0. The topological polar surface area (TPSA) is 3.24 Å². The molecule has 2 fully saturated rings. The molecule has 0 spiro atoms. The predicted octanol–water partition coefficient (Wildman–Crippen LogP) is 4.54. The molecule has 0 radical (unpaired) electrons. The van der Waals surface area contributed by atoms with E-state index in [-0.39, 0.29) is 0 Å². The van der Waals surface area contributed by atoms with Crippen LogP contribution in [-0.4, -0.2) is 24.7 Å². The van der Waals surface area contributed by atoms with Crippen LogP contribution in [0.25, 0.3) is 0 Å². The summed E-state index contributed by atoms with van der Waals surface area (Å²) in [6.45, 7) is 7.52. The highest BCUT2D eigenvalue weighted by molar-refractivity contribution is 6.67. The van der Waals surface area contributed by atoms with E-state index in [4.69, 9.17) is 0 Å². The minimum atomic E-state index is 0.883. The maximum Gasteiger partial charge on any atom is 0.172 e. The molecule has 2 rings (SSSR count). The van der Waals surface area contributed by atoms with E-state index in [1.807, 2.05) is 0 Å². The third kappa shape index (κ3) is 3.43. The fourth-order valence-electron chi connectivity index (χ4n) is 3.84. The highest BCUT2D eigenvalue weighted by Gasteiger charge is 2.36. The fraction of sp³-hybridized carbons (Fsp3) is 0.750. The van der Waals surface area contributed by atoms with Gasteiger partial charge in [0.1, 0.15) is 0 Å². The first kappa shape index (κ1) is 13.8. The predicted molar refractivity (Wildman–Crippen MR) is 82.2 cm³/mol. The number of hydrogen-bond donors (Lipinski definition) is 0. The Labute approximate surface area is 113 Å². The van der Waals surface area contributed by atoms with Crippen LogP contribution in [0.4, 0.5) is 0 Å². The molecule has 1 nitrogen and oxygen atoms in total. The Hall–Kier alpha value is -0.655. The third-order valence-corrected chi connectivity index (χ3v) is 4.94. The van der Waals surface area contributed by atoms with Gasteiger partial charge in [-0.1, -0.05) is 56.2 Å². The van der Waals surface area contributed by atoms with Crippen molar-refractivity contribution in [2.24, 2.45) is 0 Å². The SMILES string of the molecule is CCN(/C=C/C=CB1C2CCCC1CCC2)CC. The minimum Gasteiger partial charge on any atom is -0.378 e. The van der Waals surface area contributed by atoms with E-state index in [0.29, 0.717) is 0 Å². The van der Waals surface area contributed by atoms with Crippen molar-refractivity contribution in [3.63, 3.8) is 0 Å². The Bertz CT molecular complexity index is 271. The number of fused-ring (bicyclic) bond motifs is 2. The summed E-state index contributed by atoms with van der Waals surface area (Å²) in [6.07, 6.45) is 15.6. The number of allylic oxidation sites excluding steroid dienone is 2. The monoisotopic (exact) mass is 245 g/mol. The van der Waals surface area contributed by atoms with E-state index in [9.17, 15) is 0 Å².